The minimum Gasteiger partial charge on any atom is -0.340 e. The Morgan fingerprint density at radius 1 is 1.15 bits per heavy atom. The molecule has 26 heavy (non-hydrogen) atoms. The molecule has 0 bridgehead atoms. The van der Waals surface area contributed by atoms with Gasteiger partial charge in [0.2, 0.25) is 0 Å². The number of hydrogen-bond acceptors (Lipinski definition) is 4. The van der Waals surface area contributed by atoms with E-state index in [1.165, 1.54) is 0 Å². The maximum atomic E-state index is 9.11. The van der Waals surface area contributed by atoms with Crippen molar-refractivity contribution < 1.29 is 0 Å². The fourth-order valence-corrected chi connectivity index (χ4v) is 2.78. The zero-order chi connectivity index (χ0) is 18.5. The van der Waals surface area contributed by atoms with E-state index in [9.17, 15) is 0 Å². The van der Waals surface area contributed by atoms with Gasteiger partial charge >= 0.3 is 0 Å². The second-order valence-corrected chi connectivity index (χ2v) is 6.06. The zero-order valence-corrected chi connectivity index (χ0v) is 15.2. The minimum absolute atomic E-state index is 0.583. The number of aromatic nitrogens is 2. The van der Waals surface area contributed by atoms with Gasteiger partial charge in [-0.15, -0.1) is 0 Å². The molecule has 0 aliphatic heterocycles. The molecule has 0 amide bonds. The number of nitrogens with zero attached hydrogens (tertiary/aromatic N) is 3. The van der Waals surface area contributed by atoms with Crippen molar-refractivity contribution in [2.24, 2.45) is 0 Å². The van der Waals surface area contributed by atoms with E-state index in [4.69, 9.17) is 21.8 Å². The van der Waals surface area contributed by atoms with Crippen molar-refractivity contribution >= 4 is 39.6 Å². The normalized spacial score (nSPS) is 11.7. The van der Waals surface area contributed by atoms with E-state index < -0.39 is 0 Å². The van der Waals surface area contributed by atoms with Crippen molar-refractivity contribution in [2.45, 2.75) is 13.8 Å². The molecule has 0 spiro atoms. The Hall–Kier alpha value is -3.16. The van der Waals surface area contributed by atoms with Crippen LogP contribution in [0.2, 0.25) is 5.02 Å². The van der Waals surface area contributed by atoms with Gasteiger partial charge in [-0.05, 0) is 50.2 Å². The van der Waals surface area contributed by atoms with Crippen molar-refractivity contribution in [1.29, 1.82) is 5.26 Å². The highest BCUT2D eigenvalue weighted by Gasteiger charge is 2.11. The largest absolute Gasteiger partial charge is 0.340 e. The summed E-state index contributed by atoms with van der Waals surface area (Å²) < 4.78 is 0. The van der Waals surface area contributed by atoms with Crippen LogP contribution in [0, 0.1) is 11.3 Å². The predicted molar refractivity (Wildman–Crippen MR) is 107 cm³/mol. The molecule has 0 unspecified atom stereocenters. The summed E-state index contributed by atoms with van der Waals surface area (Å²) in [5.41, 5.74) is 3.05. The highest BCUT2D eigenvalue weighted by atomic mass is 35.5. The smallest absolute Gasteiger partial charge is 0.161 e. The van der Waals surface area contributed by atoms with Gasteiger partial charge in [0, 0.05) is 21.7 Å². The molecule has 4 nitrogen and oxygen atoms in total. The maximum Gasteiger partial charge on any atom is 0.161 e. The molecule has 0 atom stereocenters. The summed E-state index contributed by atoms with van der Waals surface area (Å²) >= 11 is 6.15. The minimum atomic E-state index is 0.583. The first-order valence-corrected chi connectivity index (χ1v) is 8.56. The van der Waals surface area contributed by atoms with Crippen molar-refractivity contribution in [2.75, 3.05) is 5.32 Å². The molecule has 0 saturated carbocycles. The Morgan fingerprint density at radius 3 is 2.73 bits per heavy atom. The van der Waals surface area contributed by atoms with E-state index in [0.29, 0.717) is 22.2 Å². The van der Waals surface area contributed by atoms with Crippen LogP contribution in [0.15, 0.2) is 60.7 Å². The van der Waals surface area contributed by atoms with Crippen LogP contribution in [0.5, 0.6) is 0 Å². The molecular weight excluding hydrogens is 344 g/mol. The number of benzene rings is 2. The molecule has 3 rings (SSSR count). The maximum absolute atomic E-state index is 9.11. The van der Waals surface area contributed by atoms with Gasteiger partial charge in [-0.1, -0.05) is 35.9 Å². The number of allylic oxidation sites excluding steroid dienone is 4. The third-order valence-corrected chi connectivity index (χ3v) is 4.06. The molecule has 2 aromatic carbocycles. The standard InChI is InChI=1S/C21H17ClN4/c1-3-6-15(4-2)20-25-19-12-16(22)9-10-18(19)21(26-20)24-17-8-5-7-14(11-17)13-23/h3-12H,1-2H3,(H,24,25,26)/b6-3-,15-4+. The van der Waals surface area contributed by atoms with E-state index >= 15 is 0 Å². The Morgan fingerprint density at radius 2 is 2.00 bits per heavy atom. The average molecular weight is 361 g/mol. The third kappa shape index (κ3) is 3.74. The molecule has 0 aliphatic rings. The van der Waals surface area contributed by atoms with Gasteiger partial charge in [-0.3, -0.25) is 0 Å². The van der Waals surface area contributed by atoms with Gasteiger partial charge in [0.1, 0.15) is 5.82 Å². The van der Waals surface area contributed by atoms with Crippen molar-refractivity contribution in [3.8, 4) is 6.07 Å². The van der Waals surface area contributed by atoms with Crippen LogP contribution in [0.1, 0.15) is 25.2 Å². The number of hydrogen-bond donors (Lipinski definition) is 1. The molecule has 1 aromatic heterocycles. The van der Waals surface area contributed by atoms with Crippen molar-refractivity contribution in [1.82, 2.24) is 9.97 Å². The van der Waals surface area contributed by atoms with Crippen molar-refractivity contribution in [3.63, 3.8) is 0 Å². The fourth-order valence-electron chi connectivity index (χ4n) is 2.61. The second-order valence-electron chi connectivity index (χ2n) is 5.62. The molecular formula is C21H17ClN4. The molecule has 1 heterocycles. The number of halogens is 1. The summed E-state index contributed by atoms with van der Waals surface area (Å²) in [5.74, 6) is 1.28. The summed E-state index contributed by atoms with van der Waals surface area (Å²) in [6.45, 7) is 3.90. The van der Waals surface area contributed by atoms with Crippen LogP contribution in [0.25, 0.3) is 16.5 Å². The zero-order valence-electron chi connectivity index (χ0n) is 14.5. The van der Waals surface area contributed by atoms with E-state index in [1.54, 1.807) is 12.1 Å². The molecule has 0 aliphatic carbocycles. The summed E-state index contributed by atoms with van der Waals surface area (Å²) in [6, 6.07) is 14.9. The topological polar surface area (TPSA) is 61.6 Å². The van der Waals surface area contributed by atoms with E-state index in [-0.39, 0.29) is 0 Å². The van der Waals surface area contributed by atoms with E-state index in [2.05, 4.69) is 16.4 Å². The second kappa shape index (κ2) is 7.81. The molecule has 0 fully saturated rings. The SMILES string of the molecule is C/C=C\C(=C/C)c1nc(Nc2cccc(C#N)c2)c2ccc(Cl)cc2n1. The van der Waals surface area contributed by atoms with Crippen LogP contribution in [-0.2, 0) is 0 Å². The first kappa shape index (κ1) is 17.7. The monoisotopic (exact) mass is 360 g/mol. The molecule has 5 heteroatoms. The number of nitrogens with one attached hydrogen (secondary N) is 1. The van der Waals surface area contributed by atoms with Crippen LogP contribution in [0.4, 0.5) is 11.5 Å². The summed E-state index contributed by atoms with van der Waals surface area (Å²) in [6.07, 6.45) is 5.88. The van der Waals surface area contributed by atoms with Crippen LogP contribution in [0.3, 0.4) is 0 Å². The van der Waals surface area contributed by atoms with Crippen LogP contribution >= 0.6 is 11.6 Å². The summed E-state index contributed by atoms with van der Waals surface area (Å²) in [4.78, 5) is 9.36. The third-order valence-electron chi connectivity index (χ3n) is 3.83. The van der Waals surface area contributed by atoms with E-state index in [1.807, 2.05) is 62.4 Å². The van der Waals surface area contributed by atoms with Crippen LogP contribution < -0.4 is 5.32 Å². The first-order valence-electron chi connectivity index (χ1n) is 8.18. The Labute approximate surface area is 157 Å². The summed E-state index contributed by atoms with van der Waals surface area (Å²) in [7, 11) is 0. The quantitative estimate of drug-likeness (QED) is 0.590. The van der Waals surface area contributed by atoms with E-state index in [0.717, 1.165) is 22.2 Å². The summed E-state index contributed by atoms with van der Waals surface area (Å²) in [5, 5.41) is 13.9. The lowest BCUT2D eigenvalue weighted by Gasteiger charge is -2.12. The Kier molecular flexibility index (Phi) is 5.31. The molecule has 1 N–H and O–H groups in total. The van der Waals surface area contributed by atoms with Gasteiger partial charge in [0.15, 0.2) is 5.82 Å². The molecule has 128 valence electrons. The average Bonchev–Trinajstić information content (AvgIpc) is 2.65. The number of fused-ring (bicyclic) bond motifs is 1. The Bertz CT molecular complexity index is 1060. The Balaban J connectivity index is 2.17. The number of nitriles is 1. The van der Waals surface area contributed by atoms with Crippen molar-refractivity contribution in [3.05, 3.63) is 77.1 Å². The van der Waals surface area contributed by atoms with Gasteiger partial charge in [-0.2, -0.15) is 5.26 Å². The lowest BCUT2D eigenvalue weighted by molar-refractivity contribution is 1.17. The van der Waals surface area contributed by atoms with Gasteiger partial charge in [-0.25, -0.2) is 9.97 Å². The lowest BCUT2D eigenvalue weighted by Crippen LogP contribution is -2.01. The van der Waals surface area contributed by atoms with Crippen LogP contribution in [-0.4, -0.2) is 9.97 Å². The first-order chi connectivity index (χ1) is 12.6. The molecule has 3 aromatic rings. The fraction of sp³-hybridized carbons (Fsp3) is 0.0952. The molecule has 0 radical (unpaired) electrons. The predicted octanol–water partition coefficient (Wildman–Crippen LogP) is 5.88. The molecule has 0 saturated heterocycles. The van der Waals surface area contributed by atoms with Gasteiger partial charge < -0.3 is 5.32 Å². The highest BCUT2D eigenvalue weighted by molar-refractivity contribution is 6.31. The lowest BCUT2D eigenvalue weighted by atomic mass is 10.1. The number of rotatable bonds is 4. The highest BCUT2D eigenvalue weighted by Crippen LogP contribution is 2.28. The number of anilines is 2. The van der Waals surface area contributed by atoms with Gasteiger partial charge in [0.25, 0.3) is 0 Å². The van der Waals surface area contributed by atoms with Gasteiger partial charge in [0.05, 0.1) is 17.1 Å².